The molecule has 4 nitrogen and oxygen atoms in total. The van der Waals surface area contributed by atoms with Crippen molar-refractivity contribution in [3.05, 3.63) is 42.5 Å². The Morgan fingerprint density at radius 3 is 2.88 bits per heavy atom. The normalized spacial score (nSPS) is 10.8. The molecule has 1 aromatic carbocycles. The molecule has 0 unspecified atom stereocenters. The topological polar surface area (TPSA) is 56.2 Å². The monoisotopic (exact) mass is 213 g/mol. The molecule has 0 aliphatic rings. The molecule has 0 spiro atoms. The van der Waals surface area contributed by atoms with E-state index in [4.69, 9.17) is 8.83 Å². The van der Waals surface area contributed by atoms with Crippen LogP contribution in [0.2, 0.25) is 0 Å². The van der Waals surface area contributed by atoms with Gasteiger partial charge in [-0.25, -0.2) is 4.98 Å². The Morgan fingerprint density at radius 1 is 1.19 bits per heavy atom. The van der Waals surface area contributed by atoms with Crippen molar-refractivity contribution in [2.75, 3.05) is 0 Å². The maximum atomic E-state index is 10.9. The first-order chi connectivity index (χ1) is 7.88. The van der Waals surface area contributed by atoms with Gasteiger partial charge < -0.3 is 8.83 Å². The SMILES string of the molecule is O=Cc1cc(-c2ncco2)cc2ccoc12. The lowest BCUT2D eigenvalue weighted by Crippen LogP contribution is -1.84. The van der Waals surface area contributed by atoms with E-state index in [1.165, 1.54) is 6.26 Å². The van der Waals surface area contributed by atoms with Crippen molar-refractivity contribution < 1.29 is 13.6 Å². The number of aromatic nitrogens is 1. The molecule has 0 saturated carbocycles. The Morgan fingerprint density at radius 2 is 2.12 bits per heavy atom. The number of carbonyl (C=O) groups excluding carboxylic acids is 1. The predicted molar refractivity (Wildman–Crippen MR) is 57.1 cm³/mol. The van der Waals surface area contributed by atoms with Gasteiger partial charge in [0.15, 0.2) is 6.29 Å². The van der Waals surface area contributed by atoms with E-state index >= 15 is 0 Å². The minimum absolute atomic E-state index is 0.492. The summed E-state index contributed by atoms with van der Waals surface area (Å²) < 4.78 is 10.4. The zero-order valence-electron chi connectivity index (χ0n) is 8.21. The number of hydrogen-bond acceptors (Lipinski definition) is 4. The molecule has 0 fully saturated rings. The van der Waals surface area contributed by atoms with E-state index in [1.807, 2.05) is 6.07 Å². The van der Waals surface area contributed by atoms with Crippen LogP contribution in [0.1, 0.15) is 10.4 Å². The van der Waals surface area contributed by atoms with Crippen molar-refractivity contribution >= 4 is 17.3 Å². The lowest BCUT2D eigenvalue weighted by atomic mass is 10.1. The molecule has 4 heteroatoms. The Balaban J connectivity index is 2.31. The smallest absolute Gasteiger partial charge is 0.225 e. The molecule has 0 N–H and O–H groups in total. The van der Waals surface area contributed by atoms with E-state index in [2.05, 4.69) is 4.98 Å². The maximum absolute atomic E-state index is 10.9. The quantitative estimate of drug-likeness (QED) is 0.614. The summed E-state index contributed by atoms with van der Waals surface area (Å²) in [6, 6.07) is 5.37. The van der Waals surface area contributed by atoms with Gasteiger partial charge in [-0.3, -0.25) is 4.79 Å². The van der Waals surface area contributed by atoms with Crippen molar-refractivity contribution in [3.8, 4) is 11.5 Å². The molecule has 3 aromatic rings. The number of benzene rings is 1. The number of nitrogens with zero attached hydrogens (tertiary/aromatic N) is 1. The fourth-order valence-corrected chi connectivity index (χ4v) is 1.69. The predicted octanol–water partition coefficient (Wildman–Crippen LogP) is 2.90. The van der Waals surface area contributed by atoms with Crippen molar-refractivity contribution in [2.45, 2.75) is 0 Å². The number of aldehydes is 1. The van der Waals surface area contributed by atoms with E-state index in [0.717, 1.165) is 17.2 Å². The van der Waals surface area contributed by atoms with Crippen molar-refractivity contribution in [3.63, 3.8) is 0 Å². The van der Waals surface area contributed by atoms with Crippen LogP contribution in [-0.2, 0) is 0 Å². The summed E-state index contributed by atoms with van der Waals surface area (Å²) in [4.78, 5) is 15.0. The first kappa shape index (κ1) is 8.91. The van der Waals surface area contributed by atoms with Crippen LogP contribution >= 0.6 is 0 Å². The lowest BCUT2D eigenvalue weighted by Gasteiger charge is -1.98. The van der Waals surface area contributed by atoms with Crippen molar-refractivity contribution in [1.82, 2.24) is 4.98 Å². The van der Waals surface area contributed by atoms with Crippen molar-refractivity contribution in [1.29, 1.82) is 0 Å². The average molecular weight is 213 g/mol. The van der Waals surface area contributed by atoms with Gasteiger partial charge in [0.2, 0.25) is 5.89 Å². The van der Waals surface area contributed by atoms with Gasteiger partial charge in [-0.15, -0.1) is 0 Å². The first-order valence-electron chi connectivity index (χ1n) is 4.75. The summed E-state index contributed by atoms with van der Waals surface area (Å²) in [5.74, 6) is 0.492. The van der Waals surface area contributed by atoms with Gasteiger partial charge in [-0.05, 0) is 18.2 Å². The highest BCUT2D eigenvalue weighted by molar-refractivity contribution is 5.97. The minimum Gasteiger partial charge on any atom is -0.464 e. The highest BCUT2D eigenvalue weighted by Crippen LogP contribution is 2.26. The molecule has 0 amide bonds. The second-order valence-corrected chi connectivity index (χ2v) is 3.36. The molecule has 2 heterocycles. The molecule has 0 bridgehead atoms. The van der Waals surface area contributed by atoms with E-state index in [9.17, 15) is 4.79 Å². The second kappa shape index (κ2) is 3.34. The van der Waals surface area contributed by atoms with E-state index in [0.29, 0.717) is 17.0 Å². The summed E-state index contributed by atoms with van der Waals surface area (Å²) >= 11 is 0. The first-order valence-corrected chi connectivity index (χ1v) is 4.75. The summed E-state index contributed by atoms with van der Waals surface area (Å²) in [7, 11) is 0. The molecule has 16 heavy (non-hydrogen) atoms. The summed E-state index contributed by atoms with van der Waals surface area (Å²) in [6.45, 7) is 0. The molecule has 0 atom stereocenters. The van der Waals surface area contributed by atoms with Crippen LogP contribution in [0.4, 0.5) is 0 Å². The fourth-order valence-electron chi connectivity index (χ4n) is 1.69. The van der Waals surface area contributed by atoms with E-state index in [-0.39, 0.29) is 0 Å². The average Bonchev–Trinajstić information content (AvgIpc) is 2.97. The Labute approximate surface area is 90.5 Å². The Hall–Kier alpha value is -2.36. The molecular formula is C12H7NO3. The van der Waals surface area contributed by atoms with Crippen LogP contribution in [0, 0.1) is 0 Å². The summed E-state index contributed by atoms with van der Waals surface area (Å²) in [5, 5.41) is 0.859. The zero-order chi connectivity index (χ0) is 11.0. The lowest BCUT2D eigenvalue weighted by molar-refractivity contribution is 0.112. The van der Waals surface area contributed by atoms with E-state index < -0.39 is 0 Å². The third-order valence-corrected chi connectivity index (χ3v) is 2.39. The van der Waals surface area contributed by atoms with Crippen LogP contribution in [0.3, 0.4) is 0 Å². The van der Waals surface area contributed by atoms with Gasteiger partial charge in [0, 0.05) is 10.9 Å². The number of hydrogen-bond donors (Lipinski definition) is 0. The summed E-state index contributed by atoms with van der Waals surface area (Å²) in [5.41, 5.74) is 1.85. The standard InChI is InChI=1S/C12H7NO3/c14-7-10-6-9(12-13-2-4-16-12)5-8-1-3-15-11(8)10/h1-7H. The highest BCUT2D eigenvalue weighted by atomic mass is 16.3. The number of oxazole rings is 1. The van der Waals surface area contributed by atoms with Crippen LogP contribution < -0.4 is 0 Å². The highest BCUT2D eigenvalue weighted by Gasteiger charge is 2.10. The van der Waals surface area contributed by atoms with Gasteiger partial charge in [0.1, 0.15) is 11.8 Å². The molecule has 0 aliphatic heterocycles. The van der Waals surface area contributed by atoms with Gasteiger partial charge in [0.05, 0.1) is 18.0 Å². The van der Waals surface area contributed by atoms with Crippen LogP contribution in [0.25, 0.3) is 22.4 Å². The number of rotatable bonds is 2. The third-order valence-electron chi connectivity index (χ3n) is 2.39. The fraction of sp³-hybridized carbons (Fsp3) is 0. The van der Waals surface area contributed by atoms with Crippen LogP contribution in [0.15, 0.2) is 45.8 Å². The molecular weight excluding hydrogens is 206 g/mol. The van der Waals surface area contributed by atoms with Gasteiger partial charge in [-0.1, -0.05) is 0 Å². The molecule has 2 aromatic heterocycles. The molecule has 0 aliphatic carbocycles. The van der Waals surface area contributed by atoms with Crippen molar-refractivity contribution in [2.24, 2.45) is 0 Å². The number of furan rings is 1. The number of fused-ring (bicyclic) bond motifs is 1. The summed E-state index contributed by atoms with van der Waals surface area (Å²) in [6.07, 6.45) is 5.38. The van der Waals surface area contributed by atoms with Crippen LogP contribution in [0.5, 0.6) is 0 Å². The Kier molecular flexibility index (Phi) is 1.86. The molecule has 0 saturated heterocycles. The molecule has 0 radical (unpaired) electrons. The largest absolute Gasteiger partial charge is 0.464 e. The molecule has 78 valence electrons. The second-order valence-electron chi connectivity index (χ2n) is 3.36. The minimum atomic E-state index is 0.492. The van der Waals surface area contributed by atoms with Gasteiger partial charge in [0.25, 0.3) is 0 Å². The maximum Gasteiger partial charge on any atom is 0.225 e. The Bertz CT molecular complexity index is 637. The van der Waals surface area contributed by atoms with Crippen LogP contribution in [-0.4, -0.2) is 11.3 Å². The third kappa shape index (κ3) is 1.24. The van der Waals surface area contributed by atoms with Gasteiger partial charge >= 0.3 is 0 Å². The van der Waals surface area contributed by atoms with E-state index in [1.54, 1.807) is 24.6 Å². The zero-order valence-corrected chi connectivity index (χ0v) is 8.21. The molecule has 3 rings (SSSR count). The number of carbonyl (C=O) groups is 1. The van der Waals surface area contributed by atoms with Gasteiger partial charge in [-0.2, -0.15) is 0 Å².